The van der Waals surface area contributed by atoms with Crippen LogP contribution in [0.2, 0.25) is 0 Å². The zero-order chi connectivity index (χ0) is 11.0. The van der Waals surface area contributed by atoms with Crippen molar-refractivity contribution in [1.82, 2.24) is 10.3 Å². The Labute approximate surface area is 101 Å². The van der Waals surface area contributed by atoms with Crippen LogP contribution in [0.3, 0.4) is 0 Å². The summed E-state index contributed by atoms with van der Waals surface area (Å²) in [7, 11) is 0. The molecule has 88 valence electrons. The summed E-state index contributed by atoms with van der Waals surface area (Å²) in [5, 5.41) is 6.98. The maximum absolute atomic E-state index is 4.48. The maximum Gasteiger partial charge on any atom is 0.107 e. The highest BCUT2D eigenvalue weighted by atomic mass is 32.1. The van der Waals surface area contributed by atoms with Crippen molar-refractivity contribution in [2.45, 2.75) is 39.2 Å². The molecule has 2 nitrogen and oxygen atoms in total. The largest absolute Gasteiger partial charge is 0.310 e. The van der Waals surface area contributed by atoms with Gasteiger partial charge in [-0.1, -0.05) is 0 Å². The van der Waals surface area contributed by atoms with Gasteiger partial charge in [0.1, 0.15) is 5.01 Å². The van der Waals surface area contributed by atoms with Gasteiger partial charge < -0.3 is 5.32 Å². The molecule has 16 heavy (non-hydrogen) atoms. The summed E-state index contributed by atoms with van der Waals surface area (Å²) in [6, 6.07) is 0. The lowest BCUT2D eigenvalue weighted by Gasteiger charge is -2.15. The van der Waals surface area contributed by atoms with E-state index in [1.807, 2.05) is 0 Å². The molecule has 2 saturated carbocycles. The van der Waals surface area contributed by atoms with Crippen molar-refractivity contribution in [2.75, 3.05) is 6.54 Å². The van der Waals surface area contributed by atoms with Gasteiger partial charge in [0.15, 0.2) is 0 Å². The van der Waals surface area contributed by atoms with Crippen LogP contribution in [0, 0.1) is 24.7 Å². The number of aryl methyl sites for hydroxylation is 1. The molecule has 0 bridgehead atoms. The lowest BCUT2D eigenvalue weighted by molar-refractivity contribution is 0.378. The number of rotatable bonds is 6. The van der Waals surface area contributed by atoms with E-state index in [0.717, 1.165) is 30.0 Å². The highest BCUT2D eigenvalue weighted by Gasteiger charge is 2.40. The zero-order valence-electron chi connectivity index (χ0n) is 9.91. The second-order valence-electron chi connectivity index (χ2n) is 5.35. The fourth-order valence-electron chi connectivity index (χ4n) is 2.60. The summed E-state index contributed by atoms with van der Waals surface area (Å²) in [6.07, 6.45) is 5.94. The zero-order valence-corrected chi connectivity index (χ0v) is 10.7. The first kappa shape index (κ1) is 10.7. The van der Waals surface area contributed by atoms with Gasteiger partial charge in [-0.15, -0.1) is 11.3 Å². The average molecular weight is 236 g/mol. The third-order valence-corrected chi connectivity index (χ3v) is 4.74. The number of hydrogen-bond donors (Lipinski definition) is 1. The summed E-state index contributed by atoms with van der Waals surface area (Å²) in [5.74, 6) is 3.08. The van der Waals surface area contributed by atoms with Gasteiger partial charge in [-0.05, 0) is 56.9 Å². The predicted molar refractivity (Wildman–Crippen MR) is 67.5 cm³/mol. The van der Waals surface area contributed by atoms with Gasteiger partial charge in [0, 0.05) is 17.6 Å². The Morgan fingerprint density at radius 3 is 2.56 bits per heavy atom. The van der Waals surface area contributed by atoms with E-state index in [9.17, 15) is 0 Å². The smallest absolute Gasteiger partial charge is 0.107 e. The Balaban J connectivity index is 1.44. The fourth-order valence-corrected chi connectivity index (χ4v) is 3.34. The van der Waals surface area contributed by atoms with Crippen LogP contribution in [0.15, 0.2) is 5.38 Å². The summed E-state index contributed by atoms with van der Waals surface area (Å²) in [6.45, 7) is 4.25. The summed E-state index contributed by atoms with van der Waals surface area (Å²) >= 11 is 1.78. The predicted octanol–water partition coefficient (Wildman–Crippen LogP) is 2.98. The van der Waals surface area contributed by atoms with Crippen LogP contribution < -0.4 is 5.32 Å². The molecule has 0 amide bonds. The van der Waals surface area contributed by atoms with Crippen LogP contribution in [0.25, 0.3) is 0 Å². The molecule has 2 fully saturated rings. The van der Waals surface area contributed by atoms with Crippen molar-refractivity contribution in [3.8, 4) is 0 Å². The minimum Gasteiger partial charge on any atom is -0.310 e. The molecule has 2 aliphatic carbocycles. The minimum absolute atomic E-state index is 0.967. The van der Waals surface area contributed by atoms with E-state index >= 15 is 0 Å². The van der Waals surface area contributed by atoms with E-state index < -0.39 is 0 Å². The first-order valence-electron chi connectivity index (χ1n) is 6.44. The van der Waals surface area contributed by atoms with Gasteiger partial charge in [-0.3, -0.25) is 0 Å². The van der Waals surface area contributed by atoms with Crippen LogP contribution in [0.1, 0.15) is 36.4 Å². The van der Waals surface area contributed by atoms with Crippen molar-refractivity contribution in [3.63, 3.8) is 0 Å². The Morgan fingerprint density at radius 1 is 1.38 bits per heavy atom. The first-order chi connectivity index (χ1) is 7.83. The van der Waals surface area contributed by atoms with Gasteiger partial charge in [-0.2, -0.15) is 0 Å². The quantitative estimate of drug-likeness (QED) is 0.821. The lowest BCUT2D eigenvalue weighted by atomic mass is 9.98. The van der Waals surface area contributed by atoms with Gasteiger partial charge in [0.2, 0.25) is 0 Å². The molecule has 0 aromatic carbocycles. The van der Waals surface area contributed by atoms with Crippen LogP contribution in [0.5, 0.6) is 0 Å². The summed E-state index contributed by atoms with van der Waals surface area (Å²) in [4.78, 5) is 4.48. The Kier molecular flexibility index (Phi) is 2.99. The van der Waals surface area contributed by atoms with Gasteiger partial charge in [0.05, 0.1) is 0 Å². The van der Waals surface area contributed by atoms with Crippen LogP contribution in [0.4, 0.5) is 0 Å². The van der Waals surface area contributed by atoms with Crippen molar-refractivity contribution in [1.29, 1.82) is 0 Å². The highest BCUT2D eigenvalue weighted by molar-refractivity contribution is 7.09. The molecule has 1 N–H and O–H groups in total. The topological polar surface area (TPSA) is 24.9 Å². The maximum atomic E-state index is 4.48. The molecule has 0 atom stereocenters. The average Bonchev–Trinajstić information content (AvgIpc) is 3.15. The molecular weight excluding hydrogens is 216 g/mol. The summed E-state index contributed by atoms with van der Waals surface area (Å²) < 4.78 is 0. The van der Waals surface area contributed by atoms with E-state index in [-0.39, 0.29) is 0 Å². The fraction of sp³-hybridized carbons (Fsp3) is 0.769. The minimum atomic E-state index is 0.967. The summed E-state index contributed by atoms with van der Waals surface area (Å²) in [5.41, 5.74) is 1.16. The molecule has 3 heteroatoms. The van der Waals surface area contributed by atoms with E-state index in [4.69, 9.17) is 0 Å². The number of thiazole rings is 1. The molecule has 1 aromatic heterocycles. The second kappa shape index (κ2) is 4.46. The third kappa shape index (κ3) is 2.64. The molecule has 0 unspecified atom stereocenters. The van der Waals surface area contributed by atoms with Gasteiger partial charge >= 0.3 is 0 Å². The molecule has 2 aliphatic rings. The van der Waals surface area contributed by atoms with E-state index in [1.165, 1.54) is 37.2 Å². The van der Waals surface area contributed by atoms with Crippen molar-refractivity contribution < 1.29 is 0 Å². The molecule has 1 aromatic rings. The third-order valence-electron chi connectivity index (χ3n) is 3.78. The lowest BCUT2D eigenvalue weighted by Crippen LogP contribution is -2.25. The molecule has 1 heterocycles. The second-order valence-corrected chi connectivity index (χ2v) is 6.29. The van der Waals surface area contributed by atoms with Crippen LogP contribution >= 0.6 is 11.3 Å². The highest BCUT2D eigenvalue weighted by Crippen LogP contribution is 2.48. The van der Waals surface area contributed by atoms with Crippen molar-refractivity contribution in [2.24, 2.45) is 17.8 Å². The van der Waals surface area contributed by atoms with Gasteiger partial charge in [-0.25, -0.2) is 4.98 Å². The SMILES string of the molecule is Cc1csc(CNCC(C2CC2)C2CC2)n1. The standard InChI is InChI=1S/C13H20N2S/c1-9-8-16-13(15-9)7-14-6-12(10-2-3-10)11-4-5-11/h8,10-12,14H,2-7H2,1H3. The van der Waals surface area contributed by atoms with E-state index in [0.29, 0.717) is 0 Å². The Bertz CT molecular complexity index is 341. The molecule has 0 aliphatic heterocycles. The molecular formula is C13H20N2S. The molecule has 0 radical (unpaired) electrons. The van der Waals surface area contributed by atoms with E-state index in [2.05, 4.69) is 22.6 Å². The normalized spacial score (nSPS) is 20.6. The molecule has 0 spiro atoms. The molecule has 3 rings (SSSR count). The number of aromatic nitrogens is 1. The molecule has 0 saturated heterocycles. The van der Waals surface area contributed by atoms with Crippen LogP contribution in [-0.2, 0) is 6.54 Å². The van der Waals surface area contributed by atoms with Crippen molar-refractivity contribution >= 4 is 11.3 Å². The van der Waals surface area contributed by atoms with Crippen LogP contribution in [-0.4, -0.2) is 11.5 Å². The number of nitrogens with one attached hydrogen (secondary N) is 1. The first-order valence-corrected chi connectivity index (χ1v) is 7.32. The van der Waals surface area contributed by atoms with Gasteiger partial charge in [0.25, 0.3) is 0 Å². The number of hydrogen-bond acceptors (Lipinski definition) is 3. The Morgan fingerprint density at radius 2 is 2.06 bits per heavy atom. The Hall–Kier alpha value is -0.410. The monoisotopic (exact) mass is 236 g/mol. The van der Waals surface area contributed by atoms with E-state index in [1.54, 1.807) is 11.3 Å². The van der Waals surface area contributed by atoms with Crippen molar-refractivity contribution in [3.05, 3.63) is 16.1 Å². The number of nitrogens with zero attached hydrogens (tertiary/aromatic N) is 1.